The zero-order valence-corrected chi connectivity index (χ0v) is 24.4. The Labute approximate surface area is 247 Å². The predicted molar refractivity (Wildman–Crippen MR) is 158 cm³/mol. The minimum absolute atomic E-state index is 0.0695. The zero-order valence-electron chi connectivity index (χ0n) is 23.6. The van der Waals surface area contributed by atoms with E-state index in [1.807, 2.05) is 30.3 Å². The van der Waals surface area contributed by atoms with Crippen molar-refractivity contribution in [2.24, 2.45) is 0 Å². The maximum absolute atomic E-state index is 13.8. The molecule has 42 heavy (non-hydrogen) atoms. The number of nitrogens with one attached hydrogen (secondary N) is 1. The van der Waals surface area contributed by atoms with E-state index in [9.17, 15) is 27.5 Å². The van der Waals surface area contributed by atoms with Gasteiger partial charge in [0.1, 0.15) is 11.9 Å². The predicted octanol–water partition coefficient (Wildman–Crippen LogP) is 3.68. The molecule has 0 aromatic heterocycles. The first-order valence-corrected chi connectivity index (χ1v) is 15.8. The standard InChI is InChI=1S/C32H38FN3O5S/c33-28-14-9-27(10-15-28)24-36(30(32(39)34-19-6-22-37)23-26-7-2-1-3-8-26)31(38)18-13-25-11-16-29(17-12-25)42(40,41)35-20-4-5-21-35/h1-3,7-12,14-17,30,37H,4-6,13,18-24H2,(H,34,39)/t30-/m0/s1. The van der Waals surface area contributed by atoms with Crippen molar-refractivity contribution in [3.8, 4) is 0 Å². The fourth-order valence-electron chi connectivity index (χ4n) is 5.05. The first kappa shape index (κ1) is 31.3. The number of hydrogen-bond acceptors (Lipinski definition) is 5. The molecule has 1 atom stereocenters. The third-order valence-corrected chi connectivity index (χ3v) is 9.34. The normalized spacial score (nSPS) is 14.4. The van der Waals surface area contributed by atoms with E-state index >= 15 is 0 Å². The summed E-state index contributed by atoms with van der Waals surface area (Å²) in [5.74, 6) is -0.986. The van der Waals surface area contributed by atoms with Crippen molar-refractivity contribution in [1.29, 1.82) is 0 Å². The van der Waals surface area contributed by atoms with Crippen LogP contribution in [0.15, 0.2) is 83.8 Å². The summed E-state index contributed by atoms with van der Waals surface area (Å²) in [6.07, 6.45) is 2.83. The van der Waals surface area contributed by atoms with Gasteiger partial charge in [-0.05, 0) is 66.6 Å². The van der Waals surface area contributed by atoms with Crippen molar-refractivity contribution in [3.05, 3.63) is 101 Å². The van der Waals surface area contributed by atoms with Crippen LogP contribution in [0.1, 0.15) is 42.4 Å². The van der Waals surface area contributed by atoms with Gasteiger partial charge in [-0.3, -0.25) is 9.59 Å². The highest BCUT2D eigenvalue weighted by Crippen LogP contribution is 2.22. The smallest absolute Gasteiger partial charge is 0.243 e. The van der Waals surface area contributed by atoms with Crippen LogP contribution in [-0.4, -0.2) is 66.8 Å². The van der Waals surface area contributed by atoms with Crippen molar-refractivity contribution in [2.75, 3.05) is 26.2 Å². The van der Waals surface area contributed by atoms with Crippen molar-refractivity contribution >= 4 is 21.8 Å². The molecule has 1 heterocycles. The molecule has 3 aromatic rings. The van der Waals surface area contributed by atoms with Gasteiger partial charge in [0, 0.05) is 45.6 Å². The lowest BCUT2D eigenvalue weighted by molar-refractivity contribution is -0.141. The molecule has 4 rings (SSSR count). The van der Waals surface area contributed by atoms with Crippen LogP contribution in [0.4, 0.5) is 4.39 Å². The Hall–Kier alpha value is -3.60. The third-order valence-electron chi connectivity index (χ3n) is 7.43. The summed E-state index contributed by atoms with van der Waals surface area (Å²) in [5.41, 5.74) is 2.37. The summed E-state index contributed by atoms with van der Waals surface area (Å²) in [6, 6.07) is 21.0. The van der Waals surface area contributed by atoms with Crippen molar-refractivity contribution in [3.63, 3.8) is 0 Å². The van der Waals surface area contributed by atoms with Gasteiger partial charge in [-0.15, -0.1) is 0 Å². The Morgan fingerprint density at radius 1 is 0.905 bits per heavy atom. The van der Waals surface area contributed by atoms with E-state index in [0.717, 1.165) is 24.0 Å². The van der Waals surface area contributed by atoms with Crippen molar-refractivity contribution < 1.29 is 27.5 Å². The summed E-state index contributed by atoms with van der Waals surface area (Å²) in [4.78, 5) is 29.0. The van der Waals surface area contributed by atoms with Gasteiger partial charge in [-0.25, -0.2) is 12.8 Å². The SMILES string of the molecule is O=C(NCCCO)[C@H](Cc1ccccc1)N(Cc1ccc(F)cc1)C(=O)CCc1ccc(S(=O)(=O)N2CCCC2)cc1. The molecule has 2 amide bonds. The molecular weight excluding hydrogens is 557 g/mol. The average molecular weight is 596 g/mol. The molecule has 0 bridgehead atoms. The Morgan fingerprint density at radius 2 is 1.55 bits per heavy atom. The summed E-state index contributed by atoms with van der Waals surface area (Å²) in [7, 11) is -3.53. The van der Waals surface area contributed by atoms with E-state index in [4.69, 9.17) is 0 Å². The topological polar surface area (TPSA) is 107 Å². The maximum atomic E-state index is 13.8. The molecular formula is C32H38FN3O5S. The number of carbonyl (C=O) groups excluding carboxylic acids is 2. The van der Waals surface area contributed by atoms with E-state index in [0.29, 0.717) is 31.5 Å². The maximum Gasteiger partial charge on any atom is 0.243 e. The Bertz CT molecular complexity index is 1410. The number of hydrogen-bond donors (Lipinski definition) is 2. The molecule has 2 N–H and O–H groups in total. The van der Waals surface area contributed by atoms with Crippen molar-refractivity contribution in [2.45, 2.75) is 56.0 Å². The van der Waals surface area contributed by atoms with Crippen LogP contribution in [0.25, 0.3) is 0 Å². The molecule has 0 spiro atoms. The van der Waals surface area contributed by atoms with Crippen LogP contribution < -0.4 is 5.32 Å². The van der Waals surface area contributed by atoms with Gasteiger partial charge in [0.05, 0.1) is 4.90 Å². The fourth-order valence-corrected chi connectivity index (χ4v) is 6.57. The number of aryl methyl sites for hydroxylation is 1. The lowest BCUT2D eigenvalue weighted by atomic mass is 10.0. The second-order valence-corrected chi connectivity index (χ2v) is 12.4. The van der Waals surface area contributed by atoms with Gasteiger partial charge in [-0.1, -0.05) is 54.6 Å². The second kappa shape index (κ2) is 15.0. The van der Waals surface area contributed by atoms with Gasteiger partial charge < -0.3 is 15.3 Å². The van der Waals surface area contributed by atoms with E-state index in [1.165, 1.54) is 21.3 Å². The van der Waals surface area contributed by atoms with Crippen LogP contribution >= 0.6 is 0 Å². The summed E-state index contributed by atoms with van der Waals surface area (Å²) >= 11 is 0. The highest BCUT2D eigenvalue weighted by Gasteiger charge is 2.30. The molecule has 0 unspecified atom stereocenters. The number of carbonyl (C=O) groups is 2. The van der Waals surface area contributed by atoms with Gasteiger partial charge in [-0.2, -0.15) is 4.31 Å². The number of halogens is 1. The van der Waals surface area contributed by atoms with E-state index in [2.05, 4.69) is 5.32 Å². The monoisotopic (exact) mass is 595 g/mol. The fraction of sp³-hybridized carbons (Fsp3) is 0.375. The highest BCUT2D eigenvalue weighted by atomic mass is 32.2. The second-order valence-electron chi connectivity index (χ2n) is 10.5. The van der Waals surface area contributed by atoms with Crippen molar-refractivity contribution in [1.82, 2.24) is 14.5 Å². The van der Waals surface area contributed by atoms with Gasteiger partial charge in [0.15, 0.2) is 0 Å². The lowest BCUT2D eigenvalue weighted by Crippen LogP contribution is -2.50. The Kier molecular flexibility index (Phi) is 11.2. The van der Waals surface area contributed by atoms with Gasteiger partial charge in [0.25, 0.3) is 0 Å². The van der Waals surface area contributed by atoms with Crippen LogP contribution in [0, 0.1) is 5.82 Å². The molecule has 0 saturated carbocycles. The Morgan fingerprint density at radius 3 is 2.19 bits per heavy atom. The molecule has 8 nitrogen and oxygen atoms in total. The third kappa shape index (κ3) is 8.47. The minimum atomic E-state index is -3.53. The molecule has 224 valence electrons. The number of aliphatic hydroxyl groups is 1. The number of rotatable bonds is 14. The molecule has 1 aliphatic rings. The first-order chi connectivity index (χ1) is 20.3. The van der Waals surface area contributed by atoms with Crippen LogP contribution in [0.3, 0.4) is 0 Å². The number of aliphatic hydroxyl groups excluding tert-OH is 1. The van der Waals surface area contributed by atoms with E-state index < -0.39 is 21.9 Å². The molecule has 10 heteroatoms. The summed E-state index contributed by atoms with van der Waals surface area (Å²) in [6.45, 7) is 1.36. The molecule has 1 fully saturated rings. The van der Waals surface area contributed by atoms with Gasteiger partial charge in [0.2, 0.25) is 21.8 Å². The van der Waals surface area contributed by atoms with Gasteiger partial charge >= 0.3 is 0 Å². The molecule has 1 saturated heterocycles. The Balaban J connectivity index is 1.54. The quantitative estimate of drug-likeness (QED) is 0.277. The zero-order chi connectivity index (χ0) is 30.0. The number of sulfonamides is 1. The highest BCUT2D eigenvalue weighted by molar-refractivity contribution is 7.89. The minimum Gasteiger partial charge on any atom is -0.396 e. The molecule has 0 aliphatic carbocycles. The first-order valence-electron chi connectivity index (χ1n) is 14.3. The average Bonchev–Trinajstić information content (AvgIpc) is 3.56. The lowest BCUT2D eigenvalue weighted by Gasteiger charge is -2.31. The summed E-state index contributed by atoms with van der Waals surface area (Å²) < 4.78 is 40.9. The van der Waals surface area contributed by atoms with Crippen LogP contribution in [-0.2, 0) is 39.0 Å². The number of nitrogens with zero attached hydrogens (tertiary/aromatic N) is 2. The van der Waals surface area contributed by atoms with E-state index in [-0.39, 0.29) is 49.2 Å². The number of benzene rings is 3. The summed E-state index contributed by atoms with van der Waals surface area (Å²) in [5, 5.41) is 12.0. The molecule has 1 aliphatic heterocycles. The van der Waals surface area contributed by atoms with Crippen LogP contribution in [0.5, 0.6) is 0 Å². The number of amides is 2. The van der Waals surface area contributed by atoms with Crippen LogP contribution in [0.2, 0.25) is 0 Å². The molecule has 3 aromatic carbocycles. The molecule has 0 radical (unpaired) electrons. The largest absolute Gasteiger partial charge is 0.396 e. The van der Waals surface area contributed by atoms with E-state index in [1.54, 1.807) is 36.4 Å².